The van der Waals surface area contributed by atoms with E-state index in [1.165, 1.54) is 18.2 Å². The molecule has 0 atom stereocenters. The second-order valence-corrected chi connectivity index (χ2v) is 10.4. The molecule has 0 aliphatic heterocycles. The quantitative estimate of drug-likeness (QED) is 0.594. The first kappa shape index (κ1) is 15.6. The van der Waals surface area contributed by atoms with Gasteiger partial charge in [0.2, 0.25) is 0 Å². The molecule has 4 nitrogen and oxygen atoms in total. The monoisotopic (exact) mass is 356 g/mol. The molecule has 1 rings (SSSR count). The highest BCUT2D eigenvalue weighted by Gasteiger charge is 2.26. The van der Waals surface area contributed by atoms with E-state index in [4.69, 9.17) is 45.7 Å². The summed E-state index contributed by atoms with van der Waals surface area (Å²) in [6.45, 7) is 0. The standard InChI is InChI=1S/C7H5Cl4O4PS/c8-5-2-1-3-6(9)7(5)17(13,14)15-4-16(10,11)12/h1-3H,4H2. The van der Waals surface area contributed by atoms with Gasteiger partial charge < -0.3 is 0 Å². The van der Waals surface area contributed by atoms with Gasteiger partial charge in [-0.25, -0.2) is 0 Å². The number of halogens is 4. The van der Waals surface area contributed by atoms with Crippen LogP contribution in [0.3, 0.4) is 0 Å². The molecule has 0 aromatic heterocycles. The maximum atomic E-state index is 11.7. The molecule has 17 heavy (non-hydrogen) atoms. The first-order valence-corrected chi connectivity index (χ1v) is 9.82. The van der Waals surface area contributed by atoms with Crippen molar-refractivity contribution in [1.29, 1.82) is 0 Å². The molecule has 0 saturated heterocycles. The molecule has 0 aliphatic rings. The molecule has 0 saturated carbocycles. The molecule has 0 radical (unpaired) electrons. The van der Waals surface area contributed by atoms with Crippen molar-refractivity contribution in [3.8, 4) is 0 Å². The molecule has 0 amide bonds. The van der Waals surface area contributed by atoms with E-state index >= 15 is 0 Å². The van der Waals surface area contributed by atoms with E-state index in [1.807, 2.05) is 0 Å². The highest BCUT2D eigenvalue weighted by atomic mass is 35.9. The molecular formula is C7H5Cl4O4PS. The molecule has 96 valence electrons. The van der Waals surface area contributed by atoms with Crippen LogP contribution < -0.4 is 0 Å². The summed E-state index contributed by atoms with van der Waals surface area (Å²) in [5.74, 6) is -3.66. The maximum absolute atomic E-state index is 11.7. The lowest BCUT2D eigenvalue weighted by Crippen LogP contribution is -2.07. The molecular weight excluding hydrogens is 353 g/mol. The van der Waals surface area contributed by atoms with Gasteiger partial charge in [0.1, 0.15) is 11.2 Å². The smallest absolute Gasteiger partial charge is 0.287 e. The van der Waals surface area contributed by atoms with E-state index in [2.05, 4.69) is 4.18 Å². The van der Waals surface area contributed by atoms with Crippen LogP contribution in [0, 0.1) is 0 Å². The van der Waals surface area contributed by atoms with Crippen molar-refractivity contribution in [3.63, 3.8) is 0 Å². The van der Waals surface area contributed by atoms with Gasteiger partial charge in [0.15, 0.2) is 0 Å². The van der Waals surface area contributed by atoms with E-state index in [9.17, 15) is 13.0 Å². The highest BCUT2D eigenvalue weighted by Crippen LogP contribution is 2.56. The average molecular weight is 358 g/mol. The summed E-state index contributed by atoms with van der Waals surface area (Å²) < 4.78 is 38.7. The Balaban J connectivity index is 3.11. The summed E-state index contributed by atoms with van der Waals surface area (Å²) in [5.41, 5.74) is 0. The summed E-state index contributed by atoms with van der Waals surface area (Å²) in [7, 11) is -4.26. The van der Waals surface area contributed by atoms with Gasteiger partial charge in [0, 0.05) is 0 Å². The van der Waals surface area contributed by atoms with Crippen LogP contribution in [-0.2, 0) is 18.9 Å². The van der Waals surface area contributed by atoms with Crippen molar-refractivity contribution in [2.75, 3.05) is 6.35 Å². The summed E-state index contributed by atoms with van der Waals surface area (Å²) in [6.07, 6.45) is -0.847. The van der Waals surface area contributed by atoms with Crippen molar-refractivity contribution in [1.82, 2.24) is 0 Å². The van der Waals surface area contributed by atoms with Crippen LogP contribution >= 0.6 is 51.5 Å². The zero-order chi connectivity index (χ0) is 13.3. The van der Waals surface area contributed by atoms with Gasteiger partial charge in [-0.3, -0.25) is 8.75 Å². The van der Waals surface area contributed by atoms with E-state index in [0.717, 1.165) is 0 Å². The van der Waals surface area contributed by atoms with E-state index in [0.29, 0.717) is 0 Å². The Hall–Kier alpha value is 0.520. The number of hydrogen-bond acceptors (Lipinski definition) is 4. The minimum Gasteiger partial charge on any atom is -0.287 e. The van der Waals surface area contributed by atoms with E-state index in [1.54, 1.807) is 0 Å². The Kier molecular flexibility index (Phi) is 5.18. The predicted molar refractivity (Wildman–Crippen MR) is 68.9 cm³/mol. The van der Waals surface area contributed by atoms with Gasteiger partial charge in [-0.2, -0.15) is 8.42 Å². The first-order valence-electron chi connectivity index (χ1n) is 3.95. The molecule has 1 aromatic rings. The van der Waals surface area contributed by atoms with Gasteiger partial charge in [-0.1, -0.05) is 29.3 Å². The maximum Gasteiger partial charge on any atom is 0.300 e. The molecule has 0 unspecified atom stereocenters. The number of hydrogen-bond donors (Lipinski definition) is 0. The molecule has 0 fully saturated rings. The summed E-state index contributed by atoms with van der Waals surface area (Å²) in [5, 5.41) is -0.229. The number of benzene rings is 1. The highest BCUT2D eigenvalue weighted by molar-refractivity contribution is 8.08. The minimum absolute atomic E-state index is 0.114. The molecule has 1 aromatic carbocycles. The minimum atomic E-state index is -4.26. The summed E-state index contributed by atoms with van der Waals surface area (Å²) in [6, 6.07) is 4.12. The van der Waals surface area contributed by atoms with Gasteiger partial charge in [0.05, 0.1) is 10.0 Å². The lowest BCUT2D eigenvalue weighted by Gasteiger charge is -2.08. The van der Waals surface area contributed by atoms with Crippen LogP contribution in [0.4, 0.5) is 0 Å². The van der Waals surface area contributed by atoms with Crippen LogP contribution in [-0.4, -0.2) is 14.8 Å². The Morgan fingerprint density at radius 3 is 2.06 bits per heavy atom. The van der Waals surface area contributed by atoms with Gasteiger partial charge in [-0.05, 0) is 34.6 Å². The zero-order valence-electron chi connectivity index (χ0n) is 7.94. The Bertz CT molecular complexity index is 547. The third-order valence-electron chi connectivity index (χ3n) is 1.53. The summed E-state index contributed by atoms with van der Waals surface area (Å²) >= 11 is 21.7. The normalized spacial score (nSPS) is 12.7. The molecule has 10 heteroatoms. The Morgan fingerprint density at radius 2 is 1.65 bits per heavy atom. The van der Waals surface area contributed by atoms with Crippen LogP contribution in [0.1, 0.15) is 0 Å². The molecule has 0 bridgehead atoms. The van der Waals surface area contributed by atoms with Crippen molar-refractivity contribution in [2.24, 2.45) is 0 Å². The van der Waals surface area contributed by atoms with Gasteiger partial charge in [-0.15, -0.1) is 0 Å². The van der Waals surface area contributed by atoms with Crippen LogP contribution in [0.2, 0.25) is 10.0 Å². The second-order valence-electron chi connectivity index (χ2n) is 2.82. The lowest BCUT2D eigenvalue weighted by atomic mass is 10.4. The van der Waals surface area contributed by atoms with Crippen LogP contribution in [0.25, 0.3) is 0 Å². The fourth-order valence-corrected chi connectivity index (χ4v) is 4.37. The van der Waals surface area contributed by atoms with Crippen LogP contribution in [0.5, 0.6) is 0 Å². The van der Waals surface area contributed by atoms with Crippen LogP contribution in [0.15, 0.2) is 23.1 Å². The topological polar surface area (TPSA) is 60.4 Å². The molecule has 0 aliphatic carbocycles. The first-order chi connectivity index (χ1) is 7.63. The third-order valence-corrected chi connectivity index (χ3v) is 4.94. The lowest BCUT2D eigenvalue weighted by molar-refractivity contribution is 0.372. The van der Waals surface area contributed by atoms with Gasteiger partial charge >= 0.3 is 0 Å². The SMILES string of the molecule is O=P(Cl)(Cl)COS(=O)(=O)c1c(Cl)cccc1Cl. The van der Waals surface area contributed by atoms with Crippen molar-refractivity contribution < 1.29 is 17.2 Å². The van der Waals surface area contributed by atoms with Crippen molar-refractivity contribution in [3.05, 3.63) is 28.2 Å². The predicted octanol–water partition coefficient (Wildman–Crippen LogP) is 4.33. The van der Waals surface area contributed by atoms with Crippen molar-refractivity contribution in [2.45, 2.75) is 4.90 Å². The number of rotatable bonds is 4. The van der Waals surface area contributed by atoms with E-state index in [-0.39, 0.29) is 10.0 Å². The molecule has 0 N–H and O–H groups in total. The fraction of sp³-hybridized carbons (Fsp3) is 0.143. The Labute approximate surface area is 118 Å². The van der Waals surface area contributed by atoms with Gasteiger partial charge in [0.25, 0.3) is 16.0 Å². The fourth-order valence-electron chi connectivity index (χ4n) is 0.911. The Morgan fingerprint density at radius 1 is 1.18 bits per heavy atom. The summed E-state index contributed by atoms with van der Waals surface area (Å²) in [4.78, 5) is -0.412. The zero-order valence-corrected chi connectivity index (χ0v) is 12.7. The van der Waals surface area contributed by atoms with Crippen molar-refractivity contribution >= 4 is 61.6 Å². The van der Waals surface area contributed by atoms with E-state index < -0.39 is 27.2 Å². The molecule has 0 heterocycles. The third kappa shape index (κ3) is 4.60. The second kappa shape index (κ2) is 5.66. The largest absolute Gasteiger partial charge is 0.300 e. The molecule has 0 spiro atoms. The average Bonchev–Trinajstić information content (AvgIpc) is 2.13.